The van der Waals surface area contributed by atoms with Crippen molar-refractivity contribution >= 4 is 34.9 Å². The Morgan fingerprint density at radius 1 is 1.16 bits per heavy atom. The smallest absolute Gasteiger partial charge is 0.475 e. The second-order valence-electron chi connectivity index (χ2n) is 7.62. The third-order valence-electron chi connectivity index (χ3n) is 5.12. The number of amides is 1. The lowest BCUT2D eigenvalue weighted by molar-refractivity contribution is -0.192. The number of rotatable bonds is 4. The molecule has 1 saturated heterocycles. The average Bonchev–Trinajstić information content (AvgIpc) is 2.74. The number of carboxylic acids is 1. The van der Waals surface area contributed by atoms with Crippen molar-refractivity contribution in [1.82, 2.24) is 10.4 Å². The molecule has 3 rings (SSSR count). The van der Waals surface area contributed by atoms with Crippen molar-refractivity contribution in [3.8, 4) is 0 Å². The van der Waals surface area contributed by atoms with E-state index in [1.54, 1.807) is 12.4 Å². The van der Waals surface area contributed by atoms with Crippen LogP contribution in [0.3, 0.4) is 0 Å². The van der Waals surface area contributed by atoms with Crippen LogP contribution >= 0.6 is 11.6 Å². The number of piperidine rings is 1. The molecule has 3 N–H and O–H groups in total. The standard InChI is InChI=1S/C19H23ClN4O.C2HF3O2/c1-14-3-4-17(16(20)13-14)22-23-18(25)19(2)7-11-24(12-8-19)15-5-9-21-10-6-15;3-2(4,5)1(6)7/h3-6,9-10,13,22H,7-8,11-12H2,1-2H3,(H,23,25);(H,6,7). The van der Waals surface area contributed by atoms with Crippen LogP contribution in [0.2, 0.25) is 5.02 Å². The number of nitrogens with zero attached hydrogens (tertiary/aromatic N) is 2. The lowest BCUT2D eigenvalue weighted by Gasteiger charge is -2.39. The predicted octanol–water partition coefficient (Wildman–Crippen LogP) is 4.43. The highest BCUT2D eigenvalue weighted by atomic mass is 35.5. The largest absolute Gasteiger partial charge is 0.490 e. The summed E-state index contributed by atoms with van der Waals surface area (Å²) in [5.74, 6) is -2.76. The number of aromatic nitrogens is 1. The van der Waals surface area contributed by atoms with Crippen molar-refractivity contribution < 1.29 is 27.9 Å². The molecule has 0 unspecified atom stereocenters. The Labute approximate surface area is 188 Å². The molecule has 2 aromatic rings. The summed E-state index contributed by atoms with van der Waals surface area (Å²) in [5.41, 5.74) is 8.32. The van der Waals surface area contributed by atoms with Gasteiger partial charge in [-0.2, -0.15) is 13.2 Å². The number of anilines is 2. The number of hydrogen-bond donors (Lipinski definition) is 3. The molecule has 32 heavy (non-hydrogen) atoms. The molecule has 1 fully saturated rings. The Morgan fingerprint density at radius 2 is 1.72 bits per heavy atom. The number of carboxylic acid groups (broad SMARTS) is 1. The van der Waals surface area contributed by atoms with Crippen LogP contribution in [0, 0.1) is 12.3 Å². The van der Waals surface area contributed by atoms with Gasteiger partial charge in [0.1, 0.15) is 0 Å². The van der Waals surface area contributed by atoms with Crippen LogP contribution in [0.4, 0.5) is 24.5 Å². The summed E-state index contributed by atoms with van der Waals surface area (Å²) in [6.45, 7) is 5.69. The highest BCUT2D eigenvalue weighted by Crippen LogP contribution is 2.33. The van der Waals surface area contributed by atoms with E-state index in [9.17, 15) is 18.0 Å². The maximum atomic E-state index is 12.7. The van der Waals surface area contributed by atoms with E-state index < -0.39 is 17.6 Å². The van der Waals surface area contributed by atoms with Crippen molar-refractivity contribution in [2.75, 3.05) is 23.4 Å². The van der Waals surface area contributed by atoms with Crippen LogP contribution < -0.4 is 15.8 Å². The molecule has 1 aliphatic rings. The number of pyridine rings is 1. The first-order valence-corrected chi connectivity index (χ1v) is 10.1. The second kappa shape index (κ2) is 10.5. The van der Waals surface area contributed by atoms with Crippen molar-refractivity contribution in [3.63, 3.8) is 0 Å². The topological polar surface area (TPSA) is 94.6 Å². The molecular formula is C21H24ClF3N4O3. The number of hydrogen-bond acceptors (Lipinski definition) is 5. The number of hydrazine groups is 1. The SMILES string of the molecule is Cc1ccc(NNC(=O)C2(C)CCN(c3ccncc3)CC2)c(Cl)c1.O=C(O)C(F)(F)F. The maximum Gasteiger partial charge on any atom is 0.490 e. The molecule has 0 aliphatic carbocycles. The first-order valence-electron chi connectivity index (χ1n) is 9.70. The second-order valence-corrected chi connectivity index (χ2v) is 8.03. The molecule has 0 saturated carbocycles. The van der Waals surface area contributed by atoms with E-state index in [0.717, 1.165) is 37.2 Å². The summed E-state index contributed by atoms with van der Waals surface area (Å²) >= 11 is 6.19. The zero-order chi connectivity index (χ0) is 23.9. The molecule has 0 radical (unpaired) electrons. The van der Waals surface area contributed by atoms with Gasteiger partial charge in [-0.1, -0.05) is 24.6 Å². The van der Waals surface area contributed by atoms with Gasteiger partial charge in [0.15, 0.2) is 0 Å². The number of carbonyl (C=O) groups excluding carboxylic acids is 1. The minimum Gasteiger partial charge on any atom is -0.475 e. The summed E-state index contributed by atoms with van der Waals surface area (Å²) in [4.78, 5) is 27.9. The van der Waals surface area contributed by atoms with Gasteiger partial charge in [0, 0.05) is 31.2 Å². The summed E-state index contributed by atoms with van der Waals surface area (Å²) in [6, 6.07) is 9.69. The number of aryl methyl sites for hydroxylation is 1. The lowest BCUT2D eigenvalue weighted by atomic mass is 9.79. The zero-order valence-corrected chi connectivity index (χ0v) is 18.3. The quantitative estimate of drug-likeness (QED) is 0.570. The third kappa shape index (κ3) is 7.01. The number of alkyl halides is 3. The van der Waals surface area contributed by atoms with E-state index >= 15 is 0 Å². The van der Waals surface area contributed by atoms with Gasteiger partial charge in [0.2, 0.25) is 5.91 Å². The molecule has 1 aromatic carbocycles. The number of carbonyl (C=O) groups is 2. The number of benzene rings is 1. The van der Waals surface area contributed by atoms with Crippen LogP contribution in [-0.2, 0) is 9.59 Å². The Balaban J connectivity index is 0.000000451. The molecular weight excluding hydrogens is 449 g/mol. The fraction of sp³-hybridized carbons (Fsp3) is 0.381. The first-order chi connectivity index (χ1) is 14.9. The van der Waals surface area contributed by atoms with Crippen molar-refractivity contribution in [2.24, 2.45) is 5.41 Å². The van der Waals surface area contributed by atoms with E-state index in [-0.39, 0.29) is 5.91 Å². The van der Waals surface area contributed by atoms with Crippen LogP contribution in [0.1, 0.15) is 25.3 Å². The van der Waals surface area contributed by atoms with Gasteiger partial charge in [-0.05, 0) is 49.6 Å². The molecule has 0 spiro atoms. The Kier molecular flexibility index (Phi) is 8.31. The van der Waals surface area contributed by atoms with Gasteiger partial charge >= 0.3 is 12.1 Å². The van der Waals surface area contributed by atoms with Crippen molar-refractivity contribution in [2.45, 2.75) is 32.9 Å². The highest BCUT2D eigenvalue weighted by molar-refractivity contribution is 6.33. The first kappa shape index (κ1) is 25.3. The van der Waals surface area contributed by atoms with Crippen LogP contribution in [-0.4, -0.2) is 41.2 Å². The van der Waals surface area contributed by atoms with Crippen LogP contribution in [0.25, 0.3) is 0 Å². The molecule has 11 heteroatoms. The summed E-state index contributed by atoms with van der Waals surface area (Å²) in [6.07, 6.45) is 0.102. The summed E-state index contributed by atoms with van der Waals surface area (Å²) in [7, 11) is 0. The zero-order valence-electron chi connectivity index (χ0n) is 17.5. The van der Waals surface area contributed by atoms with Gasteiger partial charge < -0.3 is 10.0 Å². The maximum absolute atomic E-state index is 12.7. The van der Waals surface area contributed by atoms with Gasteiger partial charge in [-0.3, -0.25) is 20.6 Å². The predicted molar refractivity (Wildman–Crippen MR) is 115 cm³/mol. The molecule has 0 atom stereocenters. The summed E-state index contributed by atoms with van der Waals surface area (Å²) < 4.78 is 31.7. The number of halogens is 4. The van der Waals surface area contributed by atoms with Gasteiger partial charge in [-0.15, -0.1) is 0 Å². The van der Waals surface area contributed by atoms with Gasteiger partial charge in [0.05, 0.1) is 16.1 Å². The van der Waals surface area contributed by atoms with Crippen LogP contribution in [0.5, 0.6) is 0 Å². The highest BCUT2D eigenvalue weighted by Gasteiger charge is 2.38. The van der Waals surface area contributed by atoms with Crippen LogP contribution in [0.15, 0.2) is 42.7 Å². The molecule has 2 heterocycles. The van der Waals surface area contributed by atoms with Gasteiger partial charge in [-0.25, -0.2) is 4.79 Å². The Hall–Kier alpha value is -3.01. The molecule has 1 aliphatic heterocycles. The molecule has 7 nitrogen and oxygen atoms in total. The Morgan fingerprint density at radius 3 is 2.22 bits per heavy atom. The molecule has 1 amide bonds. The van der Waals surface area contributed by atoms with E-state index in [4.69, 9.17) is 21.5 Å². The van der Waals surface area contributed by atoms with E-state index in [1.165, 1.54) is 0 Å². The fourth-order valence-corrected chi connectivity index (χ4v) is 3.32. The summed E-state index contributed by atoms with van der Waals surface area (Å²) in [5, 5.41) is 7.72. The van der Waals surface area contributed by atoms with Crippen molar-refractivity contribution in [3.05, 3.63) is 53.3 Å². The molecule has 0 bridgehead atoms. The number of aliphatic carboxylic acids is 1. The lowest BCUT2D eigenvalue weighted by Crippen LogP contribution is -2.48. The van der Waals surface area contributed by atoms with Crippen molar-refractivity contribution in [1.29, 1.82) is 0 Å². The van der Waals surface area contributed by atoms with E-state index in [1.807, 2.05) is 44.2 Å². The normalized spacial score (nSPS) is 15.2. The minimum absolute atomic E-state index is 0.00137. The van der Waals surface area contributed by atoms with E-state index in [0.29, 0.717) is 10.7 Å². The van der Waals surface area contributed by atoms with E-state index in [2.05, 4.69) is 20.7 Å². The Bertz CT molecular complexity index is 934. The fourth-order valence-electron chi connectivity index (χ4n) is 3.04. The monoisotopic (exact) mass is 472 g/mol. The average molecular weight is 473 g/mol. The minimum atomic E-state index is -5.08. The molecule has 174 valence electrons. The molecule has 1 aromatic heterocycles. The third-order valence-corrected chi connectivity index (χ3v) is 5.43. The number of nitrogens with one attached hydrogen (secondary N) is 2. The van der Waals surface area contributed by atoms with Gasteiger partial charge in [0.25, 0.3) is 0 Å².